The van der Waals surface area contributed by atoms with Crippen LogP contribution in [0.15, 0.2) is 5.38 Å². The summed E-state index contributed by atoms with van der Waals surface area (Å²) in [6.07, 6.45) is 3.59. The molecule has 0 aliphatic carbocycles. The summed E-state index contributed by atoms with van der Waals surface area (Å²) in [5.74, 6) is 0. The molecule has 2 heterocycles. The lowest BCUT2D eigenvalue weighted by atomic mass is 9.97. The summed E-state index contributed by atoms with van der Waals surface area (Å²) < 4.78 is 5.59. The molecule has 0 radical (unpaired) electrons. The van der Waals surface area contributed by atoms with Crippen molar-refractivity contribution in [2.75, 3.05) is 13.2 Å². The first-order chi connectivity index (χ1) is 9.65. The standard InChI is InChI=1S/C15H26N2O2S/c1-4-19-12(3)15-16-13(10-20-15)8-17-11(2)6-5-7-14(17)9-18/h10-12,14,18H,4-9H2,1-3H3. The van der Waals surface area contributed by atoms with E-state index in [4.69, 9.17) is 9.72 Å². The number of ether oxygens (including phenoxy) is 1. The predicted octanol–water partition coefficient (Wildman–Crippen LogP) is 2.98. The highest BCUT2D eigenvalue weighted by molar-refractivity contribution is 7.09. The monoisotopic (exact) mass is 298 g/mol. The minimum Gasteiger partial charge on any atom is -0.395 e. The fourth-order valence-electron chi connectivity index (χ4n) is 2.91. The van der Waals surface area contributed by atoms with Crippen LogP contribution in [0, 0.1) is 0 Å². The Kier molecular flexibility index (Phi) is 5.96. The van der Waals surface area contributed by atoms with Crippen LogP contribution in [-0.4, -0.2) is 40.3 Å². The molecular formula is C15H26N2O2S. The second kappa shape index (κ2) is 7.50. The average Bonchev–Trinajstić information content (AvgIpc) is 2.90. The van der Waals surface area contributed by atoms with Crippen LogP contribution < -0.4 is 0 Å². The van der Waals surface area contributed by atoms with Crippen molar-refractivity contribution < 1.29 is 9.84 Å². The second-order valence-electron chi connectivity index (χ2n) is 5.56. The molecule has 1 aromatic rings. The zero-order valence-electron chi connectivity index (χ0n) is 12.7. The Morgan fingerprint density at radius 2 is 2.35 bits per heavy atom. The number of rotatable bonds is 6. The van der Waals surface area contributed by atoms with E-state index < -0.39 is 0 Å². The molecule has 20 heavy (non-hydrogen) atoms. The lowest BCUT2D eigenvalue weighted by molar-refractivity contribution is 0.0439. The van der Waals surface area contributed by atoms with E-state index >= 15 is 0 Å². The van der Waals surface area contributed by atoms with Crippen molar-refractivity contribution in [3.8, 4) is 0 Å². The number of hydrogen-bond donors (Lipinski definition) is 1. The summed E-state index contributed by atoms with van der Waals surface area (Å²) in [4.78, 5) is 7.09. The number of piperidine rings is 1. The maximum absolute atomic E-state index is 9.54. The molecule has 114 valence electrons. The van der Waals surface area contributed by atoms with Crippen LogP contribution in [0.4, 0.5) is 0 Å². The number of nitrogens with zero attached hydrogens (tertiary/aromatic N) is 2. The van der Waals surface area contributed by atoms with Gasteiger partial charge in [0.1, 0.15) is 11.1 Å². The molecule has 1 aliphatic rings. The van der Waals surface area contributed by atoms with Crippen molar-refractivity contribution >= 4 is 11.3 Å². The molecule has 2 rings (SSSR count). The van der Waals surface area contributed by atoms with Crippen molar-refractivity contribution in [1.82, 2.24) is 9.88 Å². The average molecular weight is 298 g/mol. The van der Waals surface area contributed by atoms with Gasteiger partial charge < -0.3 is 9.84 Å². The van der Waals surface area contributed by atoms with Crippen molar-refractivity contribution in [2.45, 2.75) is 64.8 Å². The number of likely N-dealkylation sites (tertiary alicyclic amines) is 1. The number of hydrogen-bond acceptors (Lipinski definition) is 5. The van der Waals surface area contributed by atoms with Crippen LogP contribution in [0.5, 0.6) is 0 Å². The summed E-state index contributed by atoms with van der Waals surface area (Å²) >= 11 is 1.67. The van der Waals surface area contributed by atoms with Gasteiger partial charge in [0.2, 0.25) is 0 Å². The number of aliphatic hydroxyl groups excluding tert-OH is 1. The van der Waals surface area contributed by atoms with Gasteiger partial charge >= 0.3 is 0 Å². The van der Waals surface area contributed by atoms with Gasteiger partial charge in [0.05, 0.1) is 12.3 Å². The van der Waals surface area contributed by atoms with Gasteiger partial charge in [0.25, 0.3) is 0 Å². The van der Waals surface area contributed by atoms with Crippen LogP contribution in [0.1, 0.15) is 56.8 Å². The normalized spacial score (nSPS) is 25.8. The molecule has 3 unspecified atom stereocenters. The number of aromatic nitrogens is 1. The Morgan fingerprint density at radius 3 is 3.05 bits per heavy atom. The molecule has 1 fully saturated rings. The van der Waals surface area contributed by atoms with Gasteiger partial charge in [-0.05, 0) is 33.6 Å². The SMILES string of the molecule is CCOC(C)c1nc(CN2C(C)CCCC2CO)cs1. The molecule has 0 spiro atoms. The van der Waals surface area contributed by atoms with Crippen molar-refractivity contribution in [3.05, 3.63) is 16.1 Å². The van der Waals surface area contributed by atoms with Gasteiger partial charge in [-0.3, -0.25) is 4.90 Å². The molecule has 1 aromatic heterocycles. The quantitative estimate of drug-likeness (QED) is 0.877. The van der Waals surface area contributed by atoms with Crippen molar-refractivity contribution in [1.29, 1.82) is 0 Å². The summed E-state index contributed by atoms with van der Waals surface area (Å²) in [7, 11) is 0. The molecule has 5 heteroatoms. The molecule has 0 saturated carbocycles. The van der Waals surface area contributed by atoms with E-state index in [0.717, 1.165) is 23.7 Å². The first kappa shape index (κ1) is 15.9. The van der Waals surface area contributed by atoms with Gasteiger partial charge in [-0.15, -0.1) is 11.3 Å². The lowest BCUT2D eigenvalue weighted by Gasteiger charge is -2.39. The minimum absolute atomic E-state index is 0.0752. The Bertz CT molecular complexity index is 410. The Hall–Kier alpha value is -0.490. The fourth-order valence-corrected chi connectivity index (χ4v) is 3.73. The number of aliphatic hydroxyl groups is 1. The van der Waals surface area contributed by atoms with Crippen LogP contribution >= 0.6 is 11.3 Å². The topological polar surface area (TPSA) is 45.6 Å². The van der Waals surface area contributed by atoms with Crippen LogP contribution in [0.3, 0.4) is 0 Å². The highest BCUT2D eigenvalue weighted by Gasteiger charge is 2.28. The van der Waals surface area contributed by atoms with E-state index in [1.165, 1.54) is 12.8 Å². The maximum Gasteiger partial charge on any atom is 0.122 e. The molecule has 0 aromatic carbocycles. The summed E-state index contributed by atoms with van der Waals surface area (Å²) in [5.41, 5.74) is 1.10. The second-order valence-corrected chi connectivity index (χ2v) is 6.45. The highest BCUT2D eigenvalue weighted by atomic mass is 32.1. The van der Waals surface area contributed by atoms with Gasteiger partial charge in [0.15, 0.2) is 0 Å². The van der Waals surface area contributed by atoms with E-state index in [-0.39, 0.29) is 18.8 Å². The third-order valence-corrected chi connectivity index (χ3v) is 5.14. The molecule has 1 N–H and O–H groups in total. The third kappa shape index (κ3) is 3.79. The first-order valence-corrected chi connectivity index (χ1v) is 8.46. The summed E-state index contributed by atoms with van der Waals surface area (Å²) in [5, 5.41) is 12.7. The van der Waals surface area contributed by atoms with Crippen molar-refractivity contribution in [3.63, 3.8) is 0 Å². The van der Waals surface area contributed by atoms with E-state index in [2.05, 4.69) is 17.2 Å². The first-order valence-electron chi connectivity index (χ1n) is 7.58. The van der Waals surface area contributed by atoms with E-state index in [1.807, 2.05) is 13.8 Å². The zero-order valence-corrected chi connectivity index (χ0v) is 13.5. The fraction of sp³-hybridized carbons (Fsp3) is 0.800. The van der Waals surface area contributed by atoms with E-state index in [9.17, 15) is 5.11 Å². The smallest absolute Gasteiger partial charge is 0.122 e. The van der Waals surface area contributed by atoms with Crippen LogP contribution in [0.25, 0.3) is 0 Å². The predicted molar refractivity (Wildman–Crippen MR) is 81.9 cm³/mol. The molecular weight excluding hydrogens is 272 g/mol. The lowest BCUT2D eigenvalue weighted by Crippen LogP contribution is -2.46. The number of thiazole rings is 1. The largest absolute Gasteiger partial charge is 0.395 e. The van der Waals surface area contributed by atoms with Gasteiger partial charge in [-0.1, -0.05) is 6.42 Å². The molecule has 1 aliphatic heterocycles. The molecule has 3 atom stereocenters. The van der Waals surface area contributed by atoms with Crippen LogP contribution in [-0.2, 0) is 11.3 Å². The molecule has 0 amide bonds. The van der Waals surface area contributed by atoms with E-state index in [1.54, 1.807) is 11.3 Å². The van der Waals surface area contributed by atoms with Gasteiger partial charge in [0, 0.05) is 30.6 Å². The van der Waals surface area contributed by atoms with E-state index in [0.29, 0.717) is 12.6 Å². The Labute approximate surface area is 125 Å². The van der Waals surface area contributed by atoms with Crippen LogP contribution in [0.2, 0.25) is 0 Å². The highest BCUT2D eigenvalue weighted by Crippen LogP contribution is 2.27. The van der Waals surface area contributed by atoms with Gasteiger partial charge in [-0.2, -0.15) is 0 Å². The zero-order chi connectivity index (χ0) is 14.5. The molecule has 0 bridgehead atoms. The summed E-state index contributed by atoms with van der Waals surface area (Å²) in [6.45, 7) is 8.10. The van der Waals surface area contributed by atoms with Gasteiger partial charge in [-0.25, -0.2) is 4.98 Å². The Morgan fingerprint density at radius 1 is 1.55 bits per heavy atom. The minimum atomic E-state index is 0.0752. The third-order valence-electron chi connectivity index (χ3n) is 4.08. The Balaban J connectivity index is 2.01. The van der Waals surface area contributed by atoms with Crippen molar-refractivity contribution in [2.24, 2.45) is 0 Å². The maximum atomic E-state index is 9.54. The molecule has 1 saturated heterocycles. The molecule has 4 nitrogen and oxygen atoms in total. The summed E-state index contributed by atoms with van der Waals surface area (Å²) in [6, 6.07) is 0.809.